The van der Waals surface area contributed by atoms with E-state index in [0.29, 0.717) is 22.1 Å². The molecule has 0 heterocycles. The zero-order chi connectivity index (χ0) is 13.0. The van der Waals surface area contributed by atoms with E-state index in [1.54, 1.807) is 12.1 Å². The van der Waals surface area contributed by atoms with Crippen LogP contribution in [0.4, 0.5) is 5.69 Å². The van der Waals surface area contributed by atoms with Crippen LogP contribution >= 0.6 is 0 Å². The van der Waals surface area contributed by atoms with Gasteiger partial charge in [-0.1, -0.05) is 19.9 Å². The van der Waals surface area contributed by atoms with E-state index in [4.69, 9.17) is 5.73 Å². The van der Waals surface area contributed by atoms with Gasteiger partial charge in [-0.15, -0.1) is 0 Å². The van der Waals surface area contributed by atoms with Crippen molar-refractivity contribution in [3.8, 4) is 0 Å². The lowest BCUT2D eigenvalue weighted by Gasteiger charge is -2.05. The van der Waals surface area contributed by atoms with E-state index in [9.17, 15) is 9.70 Å². The quantitative estimate of drug-likeness (QED) is 0.795. The first-order valence-electron chi connectivity index (χ1n) is 5.39. The summed E-state index contributed by atoms with van der Waals surface area (Å²) in [6.07, 6.45) is 0.733. The Balaban J connectivity index is 3.21. The SMILES string of the molecule is CO[N+](=O)c1cc(C(N)=O)ccc1CC(C)C. The zero-order valence-electron chi connectivity index (χ0n) is 10.3. The van der Waals surface area contributed by atoms with Gasteiger partial charge in [0.1, 0.15) is 0 Å². The molecule has 0 aliphatic heterocycles. The van der Waals surface area contributed by atoms with Gasteiger partial charge in [-0.05, 0) is 18.4 Å². The Morgan fingerprint density at radius 1 is 1.47 bits per heavy atom. The van der Waals surface area contributed by atoms with E-state index >= 15 is 0 Å². The monoisotopic (exact) mass is 237 g/mol. The average Bonchev–Trinajstić information content (AvgIpc) is 2.27. The second-order valence-corrected chi connectivity index (χ2v) is 4.25. The molecule has 1 rings (SSSR count). The normalized spacial score (nSPS) is 10.4. The molecule has 0 atom stereocenters. The van der Waals surface area contributed by atoms with E-state index in [0.717, 1.165) is 12.0 Å². The summed E-state index contributed by atoms with van der Waals surface area (Å²) in [5, 5.41) is 0. The number of carbonyl (C=O) groups excluding carboxylic acids is 1. The number of hydrogen-bond donors (Lipinski definition) is 1. The van der Waals surface area contributed by atoms with Crippen LogP contribution in [0.1, 0.15) is 29.8 Å². The summed E-state index contributed by atoms with van der Waals surface area (Å²) in [5.41, 5.74) is 6.64. The third-order valence-electron chi connectivity index (χ3n) is 2.36. The van der Waals surface area contributed by atoms with E-state index in [1.165, 1.54) is 13.2 Å². The smallest absolute Gasteiger partial charge is 0.320 e. The lowest BCUT2D eigenvalue weighted by Crippen LogP contribution is -2.12. The third-order valence-corrected chi connectivity index (χ3v) is 2.36. The first-order valence-corrected chi connectivity index (χ1v) is 5.39. The van der Waals surface area contributed by atoms with Crippen molar-refractivity contribution in [1.82, 2.24) is 0 Å². The van der Waals surface area contributed by atoms with Crippen LogP contribution in [0.5, 0.6) is 0 Å². The number of nitrogens with two attached hydrogens (primary N) is 1. The molecule has 0 bridgehead atoms. The molecule has 1 aromatic rings. The van der Waals surface area contributed by atoms with Crippen molar-refractivity contribution in [2.75, 3.05) is 7.11 Å². The molecule has 1 amide bonds. The van der Waals surface area contributed by atoms with Gasteiger partial charge < -0.3 is 5.73 Å². The molecule has 0 radical (unpaired) electrons. The van der Waals surface area contributed by atoms with Gasteiger partial charge in [0.15, 0.2) is 7.11 Å². The highest BCUT2D eigenvalue weighted by molar-refractivity contribution is 5.93. The van der Waals surface area contributed by atoms with Gasteiger partial charge in [0.05, 0.1) is 4.91 Å². The summed E-state index contributed by atoms with van der Waals surface area (Å²) in [6.45, 7) is 4.10. The number of carbonyl (C=O) groups is 1. The molecule has 0 spiro atoms. The first kappa shape index (κ1) is 13.2. The Kier molecular flexibility index (Phi) is 4.20. The molecule has 0 aliphatic carbocycles. The molecule has 5 heteroatoms. The molecule has 17 heavy (non-hydrogen) atoms. The Morgan fingerprint density at radius 3 is 2.59 bits per heavy atom. The van der Waals surface area contributed by atoms with Gasteiger partial charge in [0, 0.05) is 17.2 Å². The van der Waals surface area contributed by atoms with Crippen LogP contribution in [-0.4, -0.2) is 17.9 Å². The minimum absolute atomic E-state index is 0.297. The summed E-state index contributed by atoms with van der Waals surface area (Å²) >= 11 is 0. The standard InChI is InChI=1S/C12H16N2O3/c1-8(2)6-9-4-5-10(12(13)15)7-11(9)14(16)17-3/h4-5,7-8H,6H2,1-3H3,(H-,13,15)/p+1. The third kappa shape index (κ3) is 3.27. The predicted octanol–water partition coefficient (Wildman–Crippen LogP) is 1.96. The highest BCUT2D eigenvalue weighted by atomic mass is 16.8. The van der Waals surface area contributed by atoms with Crippen LogP contribution in [0.3, 0.4) is 0 Å². The summed E-state index contributed by atoms with van der Waals surface area (Å²) in [5.74, 6) is -0.162. The van der Waals surface area contributed by atoms with Crippen molar-refractivity contribution in [3.05, 3.63) is 34.2 Å². The Labute approximate surface area is 100 Å². The van der Waals surface area contributed by atoms with Crippen molar-refractivity contribution in [1.29, 1.82) is 0 Å². The maximum Gasteiger partial charge on any atom is 0.320 e. The van der Waals surface area contributed by atoms with Crippen LogP contribution in [0.25, 0.3) is 0 Å². The van der Waals surface area contributed by atoms with E-state index in [-0.39, 0.29) is 0 Å². The topological polar surface area (TPSA) is 72.4 Å². The molecular formula is C12H17N2O3+. The van der Waals surface area contributed by atoms with Crippen LogP contribution in [0.2, 0.25) is 0 Å². The van der Waals surface area contributed by atoms with Gasteiger partial charge >= 0.3 is 5.69 Å². The molecule has 2 N–H and O–H groups in total. The molecule has 92 valence electrons. The molecule has 0 aromatic heterocycles. The van der Waals surface area contributed by atoms with Crippen molar-refractivity contribution >= 4 is 11.6 Å². The van der Waals surface area contributed by atoms with Gasteiger partial charge in [0.2, 0.25) is 5.91 Å². The van der Waals surface area contributed by atoms with Crippen LogP contribution in [0, 0.1) is 10.8 Å². The van der Waals surface area contributed by atoms with Crippen molar-refractivity contribution in [2.45, 2.75) is 20.3 Å². The average molecular weight is 237 g/mol. The van der Waals surface area contributed by atoms with E-state index < -0.39 is 5.91 Å². The van der Waals surface area contributed by atoms with E-state index in [2.05, 4.69) is 4.84 Å². The Morgan fingerprint density at radius 2 is 2.12 bits per heavy atom. The van der Waals surface area contributed by atoms with Gasteiger partial charge in [-0.2, -0.15) is 0 Å². The lowest BCUT2D eigenvalue weighted by molar-refractivity contribution is -0.737. The summed E-state index contributed by atoms with van der Waals surface area (Å²) in [6, 6.07) is 4.81. The maximum atomic E-state index is 11.5. The molecular weight excluding hydrogens is 220 g/mol. The number of rotatable bonds is 5. The minimum atomic E-state index is -0.563. The molecule has 0 fully saturated rings. The molecule has 0 aliphatic rings. The molecule has 0 saturated carbocycles. The first-order chi connectivity index (χ1) is 7.95. The number of nitrogens with zero attached hydrogens (tertiary/aromatic N) is 1. The van der Waals surface area contributed by atoms with Gasteiger partial charge in [-0.25, -0.2) is 4.84 Å². The van der Waals surface area contributed by atoms with Crippen molar-refractivity contribution in [2.24, 2.45) is 11.7 Å². The second-order valence-electron chi connectivity index (χ2n) is 4.25. The van der Waals surface area contributed by atoms with Crippen LogP contribution in [0.15, 0.2) is 18.2 Å². The fourth-order valence-corrected chi connectivity index (χ4v) is 1.60. The minimum Gasteiger partial charge on any atom is -0.366 e. The van der Waals surface area contributed by atoms with Crippen LogP contribution < -0.4 is 5.73 Å². The zero-order valence-corrected chi connectivity index (χ0v) is 10.3. The highest BCUT2D eigenvalue weighted by Crippen LogP contribution is 2.23. The molecule has 0 unspecified atom stereocenters. The molecule has 5 nitrogen and oxygen atoms in total. The summed E-state index contributed by atoms with van der Waals surface area (Å²) < 4.78 is 0. The van der Waals surface area contributed by atoms with E-state index in [1.807, 2.05) is 13.8 Å². The van der Waals surface area contributed by atoms with Crippen molar-refractivity contribution < 1.29 is 14.6 Å². The number of amides is 1. The fourth-order valence-electron chi connectivity index (χ4n) is 1.60. The number of hydrogen-bond acceptors (Lipinski definition) is 3. The second kappa shape index (κ2) is 5.43. The number of primary amides is 1. The Hall–Kier alpha value is -1.91. The number of benzene rings is 1. The molecule has 1 aromatic carbocycles. The van der Waals surface area contributed by atoms with Crippen LogP contribution in [-0.2, 0) is 11.3 Å². The summed E-state index contributed by atoms with van der Waals surface area (Å²) in [4.78, 5) is 27.6. The fraction of sp³-hybridized carbons (Fsp3) is 0.417. The van der Waals surface area contributed by atoms with Gasteiger partial charge in [-0.3, -0.25) is 4.79 Å². The Bertz CT molecular complexity index is 441. The largest absolute Gasteiger partial charge is 0.366 e. The molecule has 0 saturated heterocycles. The maximum absolute atomic E-state index is 11.5. The van der Waals surface area contributed by atoms with Gasteiger partial charge in [0.25, 0.3) is 4.92 Å². The van der Waals surface area contributed by atoms with Crippen molar-refractivity contribution in [3.63, 3.8) is 0 Å². The summed E-state index contributed by atoms with van der Waals surface area (Å²) in [7, 11) is 1.28. The highest BCUT2D eigenvalue weighted by Gasteiger charge is 2.22. The predicted molar refractivity (Wildman–Crippen MR) is 63.8 cm³/mol. The lowest BCUT2D eigenvalue weighted by atomic mass is 9.99.